The van der Waals surface area contributed by atoms with E-state index in [2.05, 4.69) is 11.8 Å². The maximum Gasteiger partial charge on any atom is 0.307 e. The first-order valence-corrected chi connectivity index (χ1v) is 7.76. The van der Waals surface area contributed by atoms with Crippen molar-refractivity contribution >= 4 is 5.97 Å². The number of hydrogen-bond donors (Lipinski definition) is 0. The Labute approximate surface area is 116 Å². The molecule has 0 saturated carbocycles. The molecule has 0 spiro atoms. The Morgan fingerprint density at radius 3 is 2.63 bits per heavy atom. The molecule has 19 heavy (non-hydrogen) atoms. The van der Waals surface area contributed by atoms with Gasteiger partial charge in [-0.25, -0.2) is 0 Å². The van der Waals surface area contributed by atoms with Crippen LogP contribution >= 0.6 is 0 Å². The molecule has 0 radical (unpaired) electrons. The van der Waals surface area contributed by atoms with Gasteiger partial charge in [-0.2, -0.15) is 0 Å². The van der Waals surface area contributed by atoms with Gasteiger partial charge >= 0.3 is 5.97 Å². The van der Waals surface area contributed by atoms with E-state index >= 15 is 0 Å². The third-order valence-electron chi connectivity index (χ3n) is 4.23. The maximum atomic E-state index is 11.8. The minimum absolute atomic E-state index is 0.0822. The van der Waals surface area contributed by atoms with E-state index in [4.69, 9.17) is 9.47 Å². The summed E-state index contributed by atoms with van der Waals surface area (Å²) in [6.45, 7) is 6.64. The van der Waals surface area contributed by atoms with Crippen LogP contribution in [0.15, 0.2) is 0 Å². The molecule has 2 heterocycles. The highest BCUT2D eigenvalue weighted by Gasteiger charge is 2.35. The Morgan fingerprint density at radius 2 is 2.05 bits per heavy atom. The summed E-state index contributed by atoms with van der Waals surface area (Å²) >= 11 is 0. The van der Waals surface area contributed by atoms with E-state index in [1.165, 1.54) is 19.3 Å². The van der Waals surface area contributed by atoms with Crippen molar-refractivity contribution in [3.05, 3.63) is 0 Å². The minimum atomic E-state index is -0.0822. The average Bonchev–Trinajstić information content (AvgIpc) is 2.84. The van der Waals surface area contributed by atoms with E-state index in [9.17, 15) is 4.79 Å². The van der Waals surface area contributed by atoms with Crippen molar-refractivity contribution in [2.45, 2.75) is 70.6 Å². The Bertz CT molecular complexity index is 284. The number of hydrogen-bond acceptors (Lipinski definition) is 4. The van der Waals surface area contributed by atoms with Crippen molar-refractivity contribution in [2.24, 2.45) is 0 Å². The van der Waals surface area contributed by atoms with Gasteiger partial charge in [0.05, 0.1) is 25.2 Å². The summed E-state index contributed by atoms with van der Waals surface area (Å²) in [4.78, 5) is 14.3. The lowest BCUT2D eigenvalue weighted by Crippen LogP contribution is -2.47. The highest BCUT2D eigenvalue weighted by Crippen LogP contribution is 2.28. The Morgan fingerprint density at radius 1 is 1.32 bits per heavy atom. The lowest BCUT2D eigenvalue weighted by atomic mass is 9.99. The number of nitrogens with zero attached hydrogens (tertiary/aromatic N) is 1. The Hall–Kier alpha value is -0.610. The van der Waals surface area contributed by atoms with Gasteiger partial charge in [-0.15, -0.1) is 0 Å². The highest BCUT2D eigenvalue weighted by atomic mass is 16.5. The van der Waals surface area contributed by atoms with Crippen LogP contribution in [0.4, 0.5) is 0 Å². The van der Waals surface area contributed by atoms with Gasteiger partial charge in [0.15, 0.2) is 0 Å². The lowest BCUT2D eigenvalue weighted by molar-refractivity contribution is -0.146. The largest absolute Gasteiger partial charge is 0.466 e. The molecule has 2 saturated heterocycles. The quantitative estimate of drug-likeness (QED) is 0.718. The van der Waals surface area contributed by atoms with E-state index in [1.807, 2.05) is 6.92 Å². The number of esters is 1. The molecule has 3 unspecified atom stereocenters. The number of ether oxygens (including phenoxy) is 2. The van der Waals surface area contributed by atoms with Gasteiger partial charge in [0, 0.05) is 6.04 Å². The summed E-state index contributed by atoms with van der Waals surface area (Å²) in [5, 5.41) is 0. The van der Waals surface area contributed by atoms with E-state index < -0.39 is 0 Å². The van der Waals surface area contributed by atoms with Crippen molar-refractivity contribution in [2.75, 3.05) is 19.7 Å². The molecule has 110 valence electrons. The van der Waals surface area contributed by atoms with E-state index in [0.29, 0.717) is 19.1 Å². The maximum absolute atomic E-state index is 11.8. The fourth-order valence-electron chi connectivity index (χ4n) is 3.25. The van der Waals surface area contributed by atoms with E-state index in [0.717, 1.165) is 25.9 Å². The number of carbonyl (C=O) groups is 1. The molecule has 0 aromatic heterocycles. The molecular formula is C15H27NO3. The Balaban J connectivity index is 1.97. The molecule has 0 amide bonds. The number of likely N-dealkylation sites (tertiary alicyclic amines) is 1. The summed E-state index contributed by atoms with van der Waals surface area (Å²) in [7, 11) is 0. The van der Waals surface area contributed by atoms with Crippen molar-refractivity contribution in [3.63, 3.8) is 0 Å². The lowest BCUT2D eigenvalue weighted by Gasteiger charge is -2.37. The summed E-state index contributed by atoms with van der Waals surface area (Å²) in [5.41, 5.74) is 0. The van der Waals surface area contributed by atoms with E-state index in [1.54, 1.807) is 0 Å². The van der Waals surface area contributed by atoms with Crippen LogP contribution in [-0.2, 0) is 14.3 Å². The molecule has 0 N–H and O–H groups in total. The normalized spacial score (nSPS) is 30.2. The first-order chi connectivity index (χ1) is 9.20. The highest BCUT2D eigenvalue weighted by molar-refractivity contribution is 5.70. The van der Waals surface area contributed by atoms with Crippen LogP contribution < -0.4 is 0 Å². The fraction of sp³-hybridized carbons (Fsp3) is 0.933. The van der Waals surface area contributed by atoms with Gasteiger partial charge in [0.2, 0.25) is 0 Å². The van der Waals surface area contributed by atoms with Crippen LogP contribution in [0.2, 0.25) is 0 Å². The van der Waals surface area contributed by atoms with Gasteiger partial charge in [-0.3, -0.25) is 9.69 Å². The van der Waals surface area contributed by atoms with Gasteiger partial charge < -0.3 is 9.47 Å². The Kier molecular flexibility index (Phi) is 5.64. The van der Waals surface area contributed by atoms with Gasteiger partial charge in [-0.05, 0) is 52.6 Å². The second-order valence-corrected chi connectivity index (χ2v) is 5.74. The summed E-state index contributed by atoms with van der Waals surface area (Å²) < 4.78 is 11.1. The van der Waals surface area contributed by atoms with Crippen LogP contribution in [0.25, 0.3) is 0 Å². The van der Waals surface area contributed by atoms with E-state index in [-0.39, 0.29) is 18.1 Å². The number of rotatable bonds is 5. The molecule has 4 heteroatoms. The SMILES string of the molecule is CCOC(=O)CC(C1CCC(C)O1)N1CCCCC1. The first kappa shape index (κ1) is 14.8. The van der Waals surface area contributed by atoms with Crippen LogP contribution in [0.5, 0.6) is 0 Å². The zero-order valence-corrected chi connectivity index (χ0v) is 12.3. The third-order valence-corrected chi connectivity index (χ3v) is 4.23. The third kappa shape index (κ3) is 4.18. The molecule has 2 rings (SSSR count). The molecule has 2 aliphatic heterocycles. The molecule has 4 nitrogen and oxygen atoms in total. The molecule has 2 fully saturated rings. The number of carbonyl (C=O) groups excluding carboxylic acids is 1. The van der Waals surface area contributed by atoms with Crippen LogP contribution in [0.3, 0.4) is 0 Å². The molecular weight excluding hydrogens is 242 g/mol. The van der Waals surface area contributed by atoms with Crippen molar-refractivity contribution in [1.29, 1.82) is 0 Å². The van der Waals surface area contributed by atoms with Crippen molar-refractivity contribution < 1.29 is 14.3 Å². The second-order valence-electron chi connectivity index (χ2n) is 5.74. The smallest absolute Gasteiger partial charge is 0.307 e. The standard InChI is InChI=1S/C15H27NO3/c1-3-18-15(17)11-13(14-8-7-12(2)19-14)16-9-5-4-6-10-16/h12-14H,3-11H2,1-2H3. The minimum Gasteiger partial charge on any atom is -0.466 e. The molecule has 2 aliphatic rings. The molecule has 0 aromatic rings. The fourth-order valence-corrected chi connectivity index (χ4v) is 3.25. The predicted molar refractivity (Wildman–Crippen MR) is 74.0 cm³/mol. The zero-order chi connectivity index (χ0) is 13.7. The van der Waals surface area contributed by atoms with Crippen molar-refractivity contribution in [3.8, 4) is 0 Å². The van der Waals surface area contributed by atoms with Crippen LogP contribution in [0.1, 0.15) is 52.4 Å². The monoisotopic (exact) mass is 269 g/mol. The predicted octanol–water partition coefficient (Wildman–Crippen LogP) is 2.36. The molecule has 0 bridgehead atoms. The molecule has 3 atom stereocenters. The first-order valence-electron chi connectivity index (χ1n) is 7.76. The second kappa shape index (κ2) is 7.25. The van der Waals surface area contributed by atoms with Gasteiger partial charge in [0.25, 0.3) is 0 Å². The topological polar surface area (TPSA) is 38.8 Å². The number of piperidine rings is 1. The summed E-state index contributed by atoms with van der Waals surface area (Å²) in [6, 6.07) is 0.212. The molecule has 0 aliphatic carbocycles. The van der Waals surface area contributed by atoms with Gasteiger partial charge in [-0.1, -0.05) is 6.42 Å². The van der Waals surface area contributed by atoms with Gasteiger partial charge in [0.1, 0.15) is 0 Å². The molecule has 0 aromatic carbocycles. The van der Waals surface area contributed by atoms with Crippen molar-refractivity contribution in [1.82, 2.24) is 4.90 Å². The average molecular weight is 269 g/mol. The zero-order valence-electron chi connectivity index (χ0n) is 12.3. The summed E-state index contributed by atoms with van der Waals surface area (Å²) in [5.74, 6) is -0.0822. The summed E-state index contributed by atoms with van der Waals surface area (Å²) in [6.07, 6.45) is 6.98. The van der Waals surface area contributed by atoms with Crippen LogP contribution in [-0.4, -0.2) is 48.8 Å². The van der Waals surface area contributed by atoms with Crippen LogP contribution in [0, 0.1) is 0 Å².